The summed E-state index contributed by atoms with van der Waals surface area (Å²) in [5.41, 5.74) is 4.80. The smallest absolute Gasteiger partial charge is 0.279 e. The second-order valence-corrected chi connectivity index (χ2v) is 6.65. The highest BCUT2D eigenvalue weighted by molar-refractivity contribution is 6.02. The van der Waals surface area contributed by atoms with Crippen LogP contribution in [0.25, 0.3) is 11.4 Å². The zero-order valence-electron chi connectivity index (χ0n) is 15.9. The van der Waals surface area contributed by atoms with Crippen LogP contribution in [0.4, 0.5) is 5.82 Å². The molecule has 140 valence electrons. The number of para-hydroxylation sites is 1. The number of hydrogen-bond donors (Lipinski definition) is 1. The number of anilines is 1. The molecule has 0 spiro atoms. The molecule has 28 heavy (non-hydrogen) atoms. The van der Waals surface area contributed by atoms with Gasteiger partial charge in [0, 0.05) is 12.3 Å². The van der Waals surface area contributed by atoms with Gasteiger partial charge in [-0.1, -0.05) is 35.9 Å². The van der Waals surface area contributed by atoms with Crippen LogP contribution in [0.2, 0.25) is 0 Å². The SMILES string of the molecule is Cc1ccc(-n2nc(C)c(C(=O)Nc3ccn(-c4ccccc4)n3)n2)c(C)c1. The van der Waals surface area contributed by atoms with Gasteiger partial charge < -0.3 is 5.32 Å². The minimum atomic E-state index is -0.341. The number of nitrogens with zero attached hydrogens (tertiary/aromatic N) is 5. The van der Waals surface area contributed by atoms with Crippen LogP contribution in [-0.4, -0.2) is 30.7 Å². The summed E-state index contributed by atoms with van der Waals surface area (Å²) in [5.74, 6) is 0.112. The van der Waals surface area contributed by atoms with E-state index < -0.39 is 0 Å². The van der Waals surface area contributed by atoms with E-state index in [0.29, 0.717) is 11.5 Å². The lowest BCUT2D eigenvalue weighted by molar-refractivity contribution is 0.102. The van der Waals surface area contributed by atoms with Crippen LogP contribution in [0.3, 0.4) is 0 Å². The first-order valence-corrected chi connectivity index (χ1v) is 8.95. The Morgan fingerprint density at radius 2 is 1.71 bits per heavy atom. The van der Waals surface area contributed by atoms with E-state index in [4.69, 9.17) is 0 Å². The normalized spacial score (nSPS) is 10.8. The average molecular weight is 372 g/mol. The molecule has 0 unspecified atom stereocenters. The van der Waals surface area contributed by atoms with Crippen LogP contribution < -0.4 is 5.32 Å². The van der Waals surface area contributed by atoms with Gasteiger partial charge in [-0.15, -0.1) is 5.10 Å². The number of carbonyl (C=O) groups is 1. The molecule has 0 atom stereocenters. The van der Waals surface area contributed by atoms with Gasteiger partial charge in [0.2, 0.25) is 0 Å². The molecule has 0 saturated carbocycles. The molecule has 7 nitrogen and oxygen atoms in total. The number of benzene rings is 2. The van der Waals surface area contributed by atoms with Gasteiger partial charge in [0.1, 0.15) is 0 Å². The lowest BCUT2D eigenvalue weighted by Crippen LogP contribution is -2.15. The monoisotopic (exact) mass is 372 g/mol. The zero-order chi connectivity index (χ0) is 19.7. The Morgan fingerprint density at radius 3 is 2.46 bits per heavy atom. The third-order valence-corrected chi connectivity index (χ3v) is 4.42. The quantitative estimate of drug-likeness (QED) is 0.593. The molecule has 0 aliphatic carbocycles. The first-order valence-electron chi connectivity index (χ1n) is 8.95. The van der Waals surface area contributed by atoms with Gasteiger partial charge in [0.25, 0.3) is 5.91 Å². The number of aromatic nitrogens is 5. The van der Waals surface area contributed by atoms with E-state index in [1.54, 1.807) is 23.9 Å². The molecule has 0 radical (unpaired) electrons. The maximum atomic E-state index is 12.7. The van der Waals surface area contributed by atoms with Gasteiger partial charge >= 0.3 is 0 Å². The highest BCUT2D eigenvalue weighted by Crippen LogP contribution is 2.16. The topological polar surface area (TPSA) is 77.6 Å². The van der Waals surface area contributed by atoms with Crippen molar-refractivity contribution in [1.29, 1.82) is 0 Å². The molecule has 2 heterocycles. The molecule has 1 N–H and O–H groups in total. The molecule has 2 aromatic carbocycles. The molecule has 4 aromatic rings. The maximum Gasteiger partial charge on any atom is 0.279 e. The van der Waals surface area contributed by atoms with Crippen LogP contribution in [0.1, 0.15) is 27.3 Å². The number of aryl methyl sites for hydroxylation is 3. The second-order valence-electron chi connectivity index (χ2n) is 6.65. The van der Waals surface area contributed by atoms with Crippen molar-refractivity contribution < 1.29 is 4.79 Å². The van der Waals surface area contributed by atoms with Crippen molar-refractivity contribution in [1.82, 2.24) is 24.8 Å². The van der Waals surface area contributed by atoms with Crippen LogP contribution in [0, 0.1) is 20.8 Å². The first kappa shape index (κ1) is 17.7. The summed E-state index contributed by atoms with van der Waals surface area (Å²) in [6.45, 7) is 5.80. The summed E-state index contributed by atoms with van der Waals surface area (Å²) < 4.78 is 1.70. The van der Waals surface area contributed by atoms with Crippen LogP contribution in [-0.2, 0) is 0 Å². The molecule has 4 rings (SSSR count). The molecular weight excluding hydrogens is 352 g/mol. The Hall–Kier alpha value is -3.74. The molecular formula is C21H20N6O. The fourth-order valence-electron chi connectivity index (χ4n) is 3.02. The lowest BCUT2D eigenvalue weighted by Gasteiger charge is -2.05. The summed E-state index contributed by atoms with van der Waals surface area (Å²) >= 11 is 0. The Balaban J connectivity index is 1.56. The minimum Gasteiger partial charge on any atom is -0.304 e. The lowest BCUT2D eigenvalue weighted by atomic mass is 10.1. The Labute approximate surface area is 162 Å². The van der Waals surface area contributed by atoms with Crippen molar-refractivity contribution in [2.24, 2.45) is 0 Å². The van der Waals surface area contributed by atoms with Gasteiger partial charge in [-0.2, -0.15) is 15.0 Å². The largest absolute Gasteiger partial charge is 0.304 e. The fraction of sp³-hybridized carbons (Fsp3) is 0.143. The van der Waals surface area contributed by atoms with E-state index in [1.165, 1.54) is 4.80 Å². The minimum absolute atomic E-state index is 0.272. The fourth-order valence-corrected chi connectivity index (χ4v) is 3.02. The van der Waals surface area contributed by atoms with E-state index in [9.17, 15) is 4.79 Å². The number of amides is 1. The molecule has 0 aliphatic rings. The predicted octanol–water partition coefficient (Wildman–Crippen LogP) is 3.63. The third-order valence-electron chi connectivity index (χ3n) is 4.42. The molecule has 7 heteroatoms. The highest BCUT2D eigenvalue weighted by atomic mass is 16.2. The van der Waals surface area contributed by atoms with E-state index in [1.807, 2.05) is 56.3 Å². The van der Waals surface area contributed by atoms with Gasteiger partial charge in [-0.3, -0.25) is 4.79 Å². The Bertz CT molecular complexity index is 1140. The van der Waals surface area contributed by atoms with E-state index >= 15 is 0 Å². The van der Waals surface area contributed by atoms with Gasteiger partial charge in [-0.25, -0.2) is 4.68 Å². The van der Waals surface area contributed by atoms with Crippen molar-refractivity contribution in [2.45, 2.75) is 20.8 Å². The standard InChI is InChI=1S/C21H20N6O/c1-14-9-10-18(15(2)13-14)27-23-16(3)20(25-27)21(28)22-19-11-12-26(24-19)17-7-5-4-6-8-17/h4-13H,1-3H3,(H,22,24,28). The second kappa shape index (κ2) is 7.11. The maximum absolute atomic E-state index is 12.7. The first-order chi connectivity index (χ1) is 13.5. The van der Waals surface area contributed by atoms with Crippen LogP contribution in [0.15, 0.2) is 60.8 Å². The summed E-state index contributed by atoms with van der Waals surface area (Å²) in [5, 5.41) is 16.0. The summed E-state index contributed by atoms with van der Waals surface area (Å²) in [4.78, 5) is 14.2. The molecule has 2 aromatic heterocycles. The number of rotatable bonds is 4. The van der Waals surface area contributed by atoms with Crippen LogP contribution in [0.5, 0.6) is 0 Å². The van der Waals surface area contributed by atoms with E-state index in [-0.39, 0.29) is 11.6 Å². The van der Waals surface area contributed by atoms with Gasteiger partial charge in [0.15, 0.2) is 11.5 Å². The molecule has 0 bridgehead atoms. The summed E-state index contributed by atoms with van der Waals surface area (Å²) in [6, 6.07) is 17.4. The number of nitrogens with one attached hydrogen (secondary N) is 1. The molecule has 1 amide bonds. The van der Waals surface area contributed by atoms with Gasteiger partial charge in [-0.05, 0) is 44.5 Å². The van der Waals surface area contributed by atoms with Crippen molar-refractivity contribution in [3.05, 3.63) is 83.3 Å². The highest BCUT2D eigenvalue weighted by Gasteiger charge is 2.18. The zero-order valence-corrected chi connectivity index (χ0v) is 15.9. The molecule has 0 aliphatic heterocycles. The van der Waals surface area contributed by atoms with Crippen molar-refractivity contribution in [3.63, 3.8) is 0 Å². The van der Waals surface area contributed by atoms with E-state index in [0.717, 1.165) is 22.5 Å². The Morgan fingerprint density at radius 1 is 0.929 bits per heavy atom. The summed E-state index contributed by atoms with van der Waals surface area (Å²) in [7, 11) is 0. The number of carbonyl (C=O) groups excluding carboxylic acids is 1. The van der Waals surface area contributed by atoms with Gasteiger partial charge in [0.05, 0.1) is 17.1 Å². The predicted molar refractivity (Wildman–Crippen MR) is 107 cm³/mol. The summed E-state index contributed by atoms with van der Waals surface area (Å²) in [6.07, 6.45) is 1.80. The van der Waals surface area contributed by atoms with E-state index in [2.05, 4.69) is 26.7 Å². The van der Waals surface area contributed by atoms with Crippen molar-refractivity contribution >= 4 is 11.7 Å². The third kappa shape index (κ3) is 3.42. The number of hydrogen-bond acceptors (Lipinski definition) is 4. The molecule has 0 fully saturated rings. The molecule has 0 saturated heterocycles. The van der Waals surface area contributed by atoms with Crippen molar-refractivity contribution in [3.8, 4) is 11.4 Å². The average Bonchev–Trinajstić information content (AvgIpc) is 3.29. The van der Waals surface area contributed by atoms with Crippen LogP contribution >= 0.6 is 0 Å². The van der Waals surface area contributed by atoms with Crippen molar-refractivity contribution in [2.75, 3.05) is 5.32 Å². The Kier molecular flexibility index (Phi) is 4.49.